The van der Waals surface area contributed by atoms with Crippen molar-refractivity contribution in [2.45, 2.75) is 95.6 Å². The molecule has 0 bridgehead atoms. The van der Waals surface area contributed by atoms with Crippen LogP contribution in [0.15, 0.2) is 95.1 Å². The number of aromatic nitrogens is 4. The smallest absolute Gasteiger partial charge is 0.408 e. The number of benzene rings is 2. The fraction of sp³-hybridized carbons (Fsp3) is 0.405. The zero-order chi connectivity index (χ0) is 43.1. The van der Waals surface area contributed by atoms with Crippen molar-refractivity contribution in [3.63, 3.8) is 0 Å². The van der Waals surface area contributed by atoms with Crippen molar-refractivity contribution in [2.75, 3.05) is 6.54 Å². The van der Waals surface area contributed by atoms with Gasteiger partial charge in [0.1, 0.15) is 34.6 Å². The Bertz CT molecular complexity index is 2360. The number of sulfonamides is 1. The zero-order valence-electron chi connectivity index (χ0n) is 34.0. The third-order valence-electron chi connectivity index (χ3n) is 10.2. The quantitative estimate of drug-likeness (QED) is 0.157. The Kier molecular flexibility index (Phi) is 11.9. The Morgan fingerprint density at radius 1 is 0.949 bits per heavy atom. The second-order valence-electron chi connectivity index (χ2n) is 17.0. The molecule has 4 aromatic rings. The number of alkyl carbamates (subject to hydrolysis) is 1. The Hall–Kier alpha value is -5.42. The summed E-state index contributed by atoms with van der Waals surface area (Å²) in [6.45, 7) is 16.0. The van der Waals surface area contributed by atoms with Gasteiger partial charge in [-0.05, 0) is 63.3 Å². The van der Waals surface area contributed by atoms with E-state index in [-0.39, 0.29) is 24.4 Å². The van der Waals surface area contributed by atoms with Crippen molar-refractivity contribution < 1.29 is 32.3 Å². The van der Waals surface area contributed by atoms with Crippen LogP contribution in [0.1, 0.15) is 66.0 Å². The molecule has 1 saturated heterocycles. The molecule has 15 nitrogen and oxygen atoms in total. The molecule has 2 aromatic carbocycles. The number of halogens is 1. The summed E-state index contributed by atoms with van der Waals surface area (Å²) in [7, 11) is -4.41. The maximum atomic E-state index is 14.8. The second kappa shape index (κ2) is 16.3. The lowest BCUT2D eigenvalue weighted by Gasteiger charge is -2.36. The minimum atomic E-state index is -4.41. The summed E-state index contributed by atoms with van der Waals surface area (Å²) in [5.41, 5.74) is 0.111. The van der Waals surface area contributed by atoms with Gasteiger partial charge in [0, 0.05) is 40.7 Å². The number of aryl methyl sites for hydroxylation is 1. The highest BCUT2D eigenvalue weighted by Crippen LogP contribution is 2.45. The summed E-state index contributed by atoms with van der Waals surface area (Å²) in [6, 6.07) is 17.0. The number of carbonyl (C=O) groups excluding carboxylic acids is 4. The van der Waals surface area contributed by atoms with E-state index in [9.17, 15) is 27.6 Å². The lowest BCUT2D eigenvalue weighted by atomic mass is 9.85. The van der Waals surface area contributed by atoms with Gasteiger partial charge in [-0.2, -0.15) is 23.4 Å². The summed E-state index contributed by atoms with van der Waals surface area (Å²) in [4.78, 5) is 63.2. The van der Waals surface area contributed by atoms with Crippen LogP contribution in [0.4, 0.5) is 4.79 Å². The molecule has 6 rings (SSSR count). The molecule has 2 aliphatic rings. The van der Waals surface area contributed by atoms with Gasteiger partial charge < -0.3 is 20.3 Å². The van der Waals surface area contributed by atoms with E-state index in [1.165, 1.54) is 28.0 Å². The highest BCUT2D eigenvalue weighted by Gasteiger charge is 2.61. The van der Waals surface area contributed by atoms with Crippen LogP contribution in [-0.2, 0) is 29.1 Å². The van der Waals surface area contributed by atoms with Gasteiger partial charge in [-0.25, -0.2) is 14.5 Å². The molecule has 17 heteroatoms. The normalized spacial score (nSPS) is 20.9. The second-order valence-corrected chi connectivity index (χ2v) is 19.6. The molecular weight excluding hydrogens is 840 g/mol. The lowest BCUT2D eigenvalue weighted by Crippen LogP contribution is -2.60. The molecule has 2 fully saturated rings. The molecule has 1 aliphatic carbocycles. The van der Waals surface area contributed by atoms with Crippen LogP contribution >= 0.6 is 15.9 Å². The van der Waals surface area contributed by atoms with Crippen molar-refractivity contribution in [1.82, 2.24) is 40.2 Å². The number of nitrogens with one attached hydrogen (secondary N) is 3. The predicted octanol–water partition coefficient (Wildman–Crippen LogP) is 5.73. The lowest BCUT2D eigenvalue weighted by molar-refractivity contribution is -0.143. The number of ether oxygens (including phenoxy) is 1. The molecule has 0 unspecified atom stereocenters. The maximum absolute atomic E-state index is 14.8. The average Bonchev–Trinajstić information content (AvgIpc) is 3.45. The molecule has 0 spiro atoms. The van der Waals surface area contributed by atoms with Crippen LogP contribution in [-0.4, -0.2) is 86.9 Å². The summed E-state index contributed by atoms with van der Waals surface area (Å²) < 4.78 is 35.0. The first-order valence-corrected chi connectivity index (χ1v) is 21.4. The van der Waals surface area contributed by atoms with Gasteiger partial charge in [-0.15, -0.1) is 6.58 Å². The number of hydrogen-bond acceptors (Lipinski definition) is 10. The summed E-state index contributed by atoms with van der Waals surface area (Å²) in [5, 5.41) is 15.0. The molecule has 2 aromatic heterocycles. The fourth-order valence-electron chi connectivity index (χ4n) is 7.01. The zero-order valence-corrected chi connectivity index (χ0v) is 36.4. The van der Waals surface area contributed by atoms with E-state index >= 15 is 0 Å². The van der Waals surface area contributed by atoms with Gasteiger partial charge >= 0.3 is 6.09 Å². The molecule has 3 N–H and O–H groups in total. The minimum absolute atomic E-state index is 0.0194. The summed E-state index contributed by atoms with van der Waals surface area (Å²) >= 11 is 3.49. The Morgan fingerprint density at radius 2 is 1.58 bits per heavy atom. The molecule has 1 saturated carbocycles. The standard InChI is InChI=1S/C42H49BrN8O7S/c1-9-28-22-42(28,38(54)49-59(56,57)32-20-15-25(2)23-44-32)46-36(52)31-21-30(24-50(31)37(53)35(40(3,4)5)45-39(55)58-41(6,7)8)51-47-33(26-13-11-10-12-14-26)34(48-51)27-16-18-29(43)19-17-27/h9-20,23,28,30-31,35H,1,21-22,24H2,2-8H3,(H,45,55)(H,46,52)(H,49,54)/t28-,30-,31+,35-,42+/m1/s1. The van der Waals surface area contributed by atoms with Crippen LogP contribution in [0.2, 0.25) is 0 Å². The van der Waals surface area contributed by atoms with Crippen LogP contribution in [0, 0.1) is 18.3 Å². The van der Waals surface area contributed by atoms with Gasteiger partial charge in [-0.3, -0.25) is 14.4 Å². The van der Waals surface area contributed by atoms with E-state index in [1.807, 2.05) is 54.6 Å². The molecule has 4 amide bonds. The number of amides is 4. The van der Waals surface area contributed by atoms with E-state index < -0.39 is 74.4 Å². The number of hydrogen-bond donors (Lipinski definition) is 3. The van der Waals surface area contributed by atoms with Gasteiger partial charge in [0.15, 0.2) is 5.03 Å². The number of rotatable bonds is 11. The largest absolute Gasteiger partial charge is 0.444 e. The van der Waals surface area contributed by atoms with E-state index in [0.29, 0.717) is 11.4 Å². The van der Waals surface area contributed by atoms with Crippen LogP contribution in [0.25, 0.3) is 22.5 Å². The third kappa shape index (κ3) is 9.57. The Labute approximate surface area is 352 Å². The van der Waals surface area contributed by atoms with Crippen molar-refractivity contribution >= 4 is 49.8 Å². The summed E-state index contributed by atoms with van der Waals surface area (Å²) in [5.74, 6) is -2.86. The van der Waals surface area contributed by atoms with Crippen molar-refractivity contribution in [2.24, 2.45) is 11.3 Å². The molecule has 3 heterocycles. The van der Waals surface area contributed by atoms with Gasteiger partial charge in [0.2, 0.25) is 11.8 Å². The Morgan fingerprint density at radius 3 is 2.12 bits per heavy atom. The van der Waals surface area contributed by atoms with E-state index in [0.717, 1.165) is 21.2 Å². The van der Waals surface area contributed by atoms with E-state index in [1.54, 1.807) is 54.5 Å². The minimum Gasteiger partial charge on any atom is -0.444 e. The average molecular weight is 890 g/mol. The first-order valence-electron chi connectivity index (χ1n) is 19.1. The number of nitrogens with zero attached hydrogens (tertiary/aromatic N) is 5. The predicted molar refractivity (Wildman–Crippen MR) is 224 cm³/mol. The highest BCUT2D eigenvalue weighted by atomic mass is 79.9. The molecule has 312 valence electrons. The molecule has 0 radical (unpaired) electrons. The fourth-order valence-corrected chi connectivity index (χ4v) is 8.24. The van der Waals surface area contributed by atoms with E-state index in [4.69, 9.17) is 14.9 Å². The van der Waals surface area contributed by atoms with Crippen molar-refractivity contribution in [3.8, 4) is 22.5 Å². The maximum Gasteiger partial charge on any atom is 0.408 e. The van der Waals surface area contributed by atoms with Crippen molar-refractivity contribution in [3.05, 3.63) is 95.6 Å². The van der Waals surface area contributed by atoms with Gasteiger partial charge in [0.05, 0.1) is 6.04 Å². The monoisotopic (exact) mass is 888 g/mol. The SMILES string of the molecule is C=C[C@@H]1C[C@@]1(NC(=O)[C@@H]1C[C@@H](n2nc(-c3ccccc3)c(-c3ccc(Br)cc3)n2)CN1C(=O)[C@@H](NC(=O)OC(C)(C)C)C(C)(C)C)C(=O)NS(=O)(=O)c1ccc(C)cn1. The van der Waals surface area contributed by atoms with Gasteiger partial charge in [0.25, 0.3) is 15.9 Å². The number of carbonyl (C=O) groups is 4. The molecular formula is C42H49BrN8O7S. The number of likely N-dealkylation sites (tertiary alicyclic amines) is 1. The molecule has 59 heavy (non-hydrogen) atoms. The molecule has 1 aliphatic heterocycles. The topological polar surface area (TPSA) is 195 Å². The third-order valence-corrected chi connectivity index (χ3v) is 12.0. The van der Waals surface area contributed by atoms with Crippen LogP contribution < -0.4 is 15.4 Å². The van der Waals surface area contributed by atoms with Crippen LogP contribution in [0.3, 0.4) is 0 Å². The first kappa shape index (κ1) is 43.2. The van der Waals surface area contributed by atoms with Crippen molar-refractivity contribution in [1.29, 1.82) is 0 Å². The highest BCUT2D eigenvalue weighted by molar-refractivity contribution is 9.10. The summed E-state index contributed by atoms with van der Waals surface area (Å²) in [6.07, 6.45) is 2.11. The Balaban J connectivity index is 1.36. The van der Waals surface area contributed by atoms with Gasteiger partial charge in [-0.1, -0.05) is 91.3 Å². The number of pyridine rings is 1. The van der Waals surface area contributed by atoms with E-state index in [2.05, 4.69) is 42.8 Å². The first-order chi connectivity index (χ1) is 27.6. The molecule has 5 atom stereocenters. The van der Waals surface area contributed by atoms with Crippen LogP contribution in [0.5, 0.6) is 0 Å².